The molecular formula is C25H22BrNO6. The number of aliphatic hydroxyl groups excluding tert-OH is 1. The van der Waals surface area contributed by atoms with Crippen LogP contribution < -0.4 is 9.47 Å². The number of aliphatic hydroxyl groups is 2. The Hall–Kier alpha value is -2.94. The summed E-state index contributed by atoms with van der Waals surface area (Å²) in [5.74, 6) is -2.01. The first-order valence-corrected chi connectivity index (χ1v) is 11.2. The molecule has 8 heteroatoms. The third kappa shape index (κ3) is 2.81. The average Bonchev–Trinajstić information content (AvgIpc) is 3.22. The first-order valence-electron chi connectivity index (χ1n) is 10.4. The van der Waals surface area contributed by atoms with Crippen LogP contribution in [-0.4, -0.2) is 41.5 Å². The van der Waals surface area contributed by atoms with Crippen molar-refractivity contribution >= 4 is 21.9 Å². The minimum Gasteiger partial charge on any atom is -0.495 e. The molecule has 3 aromatic rings. The van der Waals surface area contributed by atoms with Crippen LogP contribution in [0, 0.1) is 5.92 Å². The van der Waals surface area contributed by atoms with Crippen molar-refractivity contribution in [1.29, 1.82) is 0 Å². The highest BCUT2D eigenvalue weighted by Gasteiger charge is 2.78. The highest BCUT2D eigenvalue weighted by atomic mass is 79.9. The molecule has 1 aromatic heterocycles. The zero-order valence-electron chi connectivity index (χ0n) is 17.9. The van der Waals surface area contributed by atoms with Crippen LogP contribution >= 0.6 is 15.9 Å². The Morgan fingerprint density at radius 1 is 1.09 bits per heavy atom. The van der Waals surface area contributed by atoms with E-state index < -0.39 is 35.1 Å². The van der Waals surface area contributed by atoms with Gasteiger partial charge >= 0.3 is 5.97 Å². The van der Waals surface area contributed by atoms with Gasteiger partial charge in [-0.05, 0) is 23.3 Å². The van der Waals surface area contributed by atoms with Crippen LogP contribution in [0.5, 0.6) is 11.5 Å². The van der Waals surface area contributed by atoms with E-state index >= 15 is 0 Å². The normalized spacial score (nSPS) is 29.7. The fourth-order valence-electron chi connectivity index (χ4n) is 5.49. The van der Waals surface area contributed by atoms with Crippen molar-refractivity contribution in [1.82, 2.24) is 4.98 Å². The lowest BCUT2D eigenvalue weighted by Crippen LogP contribution is -2.52. The fourth-order valence-corrected chi connectivity index (χ4v) is 5.75. The van der Waals surface area contributed by atoms with E-state index in [9.17, 15) is 15.0 Å². The van der Waals surface area contributed by atoms with Gasteiger partial charge in [0, 0.05) is 10.4 Å². The van der Waals surface area contributed by atoms with Crippen molar-refractivity contribution in [3.8, 4) is 11.5 Å². The second-order valence-electron chi connectivity index (χ2n) is 8.21. The molecule has 2 heterocycles. The van der Waals surface area contributed by atoms with Gasteiger partial charge in [-0.15, -0.1) is 0 Å². The number of nitrogens with zero attached hydrogens (tertiary/aromatic N) is 1. The molecule has 1 saturated carbocycles. The number of hydrogen-bond acceptors (Lipinski definition) is 7. The van der Waals surface area contributed by atoms with Gasteiger partial charge in [0.15, 0.2) is 11.2 Å². The standard InChI is InChI=1S/C25H22BrNO6/c1-31-17-12-27-13-18-21(17)24(30)22(28)19(23(29)32-2)20(14-6-4-3-5-7-14)25(24,33-18)15-8-10-16(26)11-9-15/h3-13,19-20,22,28,30H,1-2H3/t19-,20-,22?,24+,25+/m1/s1. The summed E-state index contributed by atoms with van der Waals surface area (Å²) in [6.45, 7) is 0. The van der Waals surface area contributed by atoms with E-state index in [1.54, 1.807) is 0 Å². The summed E-state index contributed by atoms with van der Waals surface area (Å²) in [5.41, 5.74) is -2.05. The molecule has 2 N–H and O–H groups in total. The van der Waals surface area contributed by atoms with Gasteiger partial charge in [-0.25, -0.2) is 0 Å². The Bertz CT molecular complexity index is 1200. The summed E-state index contributed by atoms with van der Waals surface area (Å²) in [4.78, 5) is 17.3. The number of ether oxygens (including phenoxy) is 3. The Morgan fingerprint density at radius 2 is 1.79 bits per heavy atom. The first-order chi connectivity index (χ1) is 15.9. The lowest BCUT2D eigenvalue weighted by Gasteiger charge is -2.40. The SMILES string of the molecule is COC(=O)[C@H]1C(O)[C@@]2(O)c3c(OC)cncc3O[C@@]2(c2ccc(Br)cc2)[C@@H]1c1ccccc1. The molecule has 33 heavy (non-hydrogen) atoms. The zero-order chi connectivity index (χ0) is 23.4. The van der Waals surface area contributed by atoms with E-state index in [2.05, 4.69) is 20.9 Å². The number of pyridine rings is 1. The second kappa shape index (κ2) is 7.83. The Morgan fingerprint density at radius 3 is 2.42 bits per heavy atom. The zero-order valence-corrected chi connectivity index (χ0v) is 19.5. The molecule has 0 spiro atoms. The van der Waals surface area contributed by atoms with Crippen LogP contribution in [-0.2, 0) is 20.7 Å². The third-order valence-corrected chi connectivity index (χ3v) is 7.31. The molecule has 1 aliphatic carbocycles. The van der Waals surface area contributed by atoms with Gasteiger partial charge < -0.3 is 24.4 Å². The number of rotatable bonds is 4. The van der Waals surface area contributed by atoms with Crippen molar-refractivity contribution in [3.05, 3.63) is 88.2 Å². The minimum absolute atomic E-state index is 0.253. The summed E-state index contributed by atoms with van der Waals surface area (Å²) in [7, 11) is 2.72. The number of carbonyl (C=O) groups is 1. The van der Waals surface area contributed by atoms with Gasteiger partial charge in [-0.3, -0.25) is 9.78 Å². The molecule has 170 valence electrons. The molecule has 0 saturated heterocycles. The Kier molecular flexibility index (Phi) is 5.19. The van der Waals surface area contributed by atoms with E-state index in [-0.39, 0.29) is 17.1 Å². The predicted octanol–water partition coefficient (Wildman–Crippen LogP) is 3.28. The largest absolute Gasteiger partial charge is 0.495 e. The monoisotopic (exact) mass is 511 g/mol. The Labute approximate surface area is 199 Å². The number of fused-ring (bicyclic) bond motifs is 3. The summed E-state index contributed by atoms with van der Waals surface area (Å²) >= 11 is 3.45. The van der Waals surface area contributed by atoms with Gasteiger partial charge in [0.05, 0.1) is 38.1 Å². The van der Waals surface area contributed by atoms with E-state index in [1.807, 2.05) is 54.6 Å². The number of methoxy groups -OCH3 is 2. The maximum absolute atomic E-state index is 13.1. The molecule has 1 aliphatic heterocycles. The number of benzene rings is 2. The van der Waals surface area contributed by atoms with E-state index in [0.29, 0.717) is 11.1 Å². The van der Waals surface area contributed by atoms with Crippen LogP contribution in [0.25, 0.3) is 0 Å². The summed E-state index contributed by atoms with van der Waals surface area (Å²) in [6.07, 6.45) is 1.38. The van der Waals surface area contributed by atoms with Crippen LogP contribution in [0.2, 0.25) is 0 Å². The lowest BCUT2D eigenvalue weighted by molar-refractivity contribution is -0.161. The molecule has 7 nitrogen and oxygen atoms in total. The summed E-state index contributed by atoms with van der Waals surface area (Å²) in [5, 5.41) is 24.2. The van der Waals surface area contributed by atoms with Gasteiger partial charge in [0.25, 0.3) is 0 Å². The highest BCUT2D eigenvalue weighted by molar-refractivity contribution is 9.10. The summed E-state index contributed by atoms with van der Waals surface area (Å²) < 4.78 is 18.0. The topological polar surface area (TPSA) is 98.1 Å². The molecule has 0 bridgehead atoms. The van der Waals surface area contributed by atoms with Gasteiger partial charge in [-0.2, -0.15) is 0 Å². The quantitative estimate of drug-likeness (QED) is 0.518. The second-order valence-corrected chi connectivity index (χ2v) is 9.12. The molecule has 2 aliphatic rings. The van der Waals surface area contributed by atoms with Crippen molar-refractivity contribution in [3.63, 3.8) is 0 Å². The molecule has 1 unspecified atom stereocenters. The number of esters is 1. The van der Waals surface area contributed by atoms with E-state index in [1.165, 1.54) is 26.6 Å². The van der Waals surface area contributed by atoms with Crippen LogP contribution in [0.15, 0.2) is 71.5 Å². The van der Waals surface area contributed by atoms with Crippen LogP contribution in [0.3, 0.4) is 0 Å². The maximum Gasteiger partial charge on any atom is 0.312 e. The number of aromatic nitrogens is 1. The van der Waals surface area contributed by atoms with Crippen molar-refractivity contribution in [2.45, 2.75) is 23.2 Å². The molecule has 5 rings (SSSR count). The van der Waals surface area contributed by atoms with Crippen molar-refractivity contribution < 1.29 is 29.2 Å². The van der Waals surface area contributed by atoms with Gasteiger partial charge in [0.1, 0.15) is 17.6 Å². The molecule has 5 atom stereocenters. The maximum atomic E-state index is 13.1. The fraction of sp³-hybridized carbons (Fsp3) is 0.280. The van der Waals surface area contributed by atoms with Crippen molar-refractivity contribution in [2.24, 2.45) is 5.92 Å². The molecule has 2 aromatic carbocycles. The van der Waals surface area contributed by atoms with Crippen LogP contribution in [0.4, 0.5) is 0 Å². The molecule has 0 radical (unpaired) electrons. The number of carbonyl (C=O) groups excluding carboxylic acids is 1. The minimum atomic E-state index is -2.04. The first kappa shape index (κ1) is 21.9. The smallest absolute Gasteiger partial charge is 0.312 e. The Balaban J connectivity index is 1.89. The molecule has 1 fully saturated rings. The summed E-state index contributed by atoms with van der Waals surface area (Å²) in [6, 6.07) is 16.5. The van der Waals surface area contributed by atoms with Gasteiger partial charge in [-0.1, -0.05) is 58.4 Å². The average molecular weight is 512 g/mol. The number of halogens is 1. The number of hydrogen-bond donors (Lipinski definition) is 2. The van der Waals surface area contributed by atoms with Gasteiger partial charge in [0.2, 0.25) is 0 Å². The molecule has 0 amide bonds. The lowest BCUT2D eigenvalue weighted by atomic mass is 9.70. The highest BCUT2D eigenvalue weighted by Crippen LogP contribution is 2.69. The van der Waals surface area contributed by atoms with E-state index in [0.717, 1.165) is 4.47 Å². The molecular weight excluding hydrogens is 490 g/mol. The van der Waals surface area contributed by atoms with E-state index in [4.69, 9.17) is 14.2 Å². The van der Waals surface area contributed by atoms with Crippen LogP contribution in [0.1, 0.15) is 22.6 Å². The van der Waals surface area contributed by atoms with Crippen molar-refractivity contribution in [2.75, 3.05) is 14.2 Å². The predicted molar refractivity (Wildman–Crippen MR) is 122 cm³/mol. The third-order valence-electron chi connectivity index (χ3n) is 6.79.